The first-order valence-corrected chi connectivity index (χ1v) is 8.36. The Morgan fingerprint density at radius 1 is 1.36 bits per heavy atom. The Morgan fingerprint density at radius 2 is 2.09 bits per heavy atom. The van der Waals surface area contributed by atoms with E-state index in [-0.39, 0.29) is 5.91 Å². The Hall–Kier alpha value is -1.26. The predicted molar refractivity (Wildman–Crippen MR) is 89.4 cm³/mol. The largest absolute Gasteiger partial charge is 0.490 e. The molecular formula is C17H25ClN2O2. The summed E-state index contributed by atoms with van der Waals surface area (Å²) in [6, 6.07) is 7.38. The van der Waals surface area contributed by atoms with Crippen LogP contribution in [0.4, 0.5) is 0 Å². The zero-order valence-corrected chi connectivity index (χ0v) is 13.9. The van der Waals surface area contributed by atoms with Gasteiger partial charge in [-0.15, -0.1) is 0 Å². The molecule has 0 saturated carbocycles. The van der Waals surface area contributed by atoms with Gasteiger partial charge in [-0.2, -0.15) is 0 Å². The zero-order chi connectivity index (χ0) is 15.8. The molecule has 1 saturated heterocycles. The van der Waals surface area contributed by atoms with Gasteiger partial charge in [0, 0.05) is 13.5 Å². The number of carbonyl (C=O) groups excluding carboxylic acids is 1. The molecule has 0 aliphatic carbocycles. The average Bonchev–Trinajstić information content (AvgIpc) is 2.55. The second-order valence-electron chi connectivity index (χ2n) is 5.83. The molecular weight excluding hydrogens is 300 g/mol. The molecule has 122 valence electrons. The van der Waals surface area contributed by atoms with Gasteiger partial charge in [0.05, 0.1) is 11.6 Å². The molecule has 1 amide bonds. The lowest BCUT2D eigenvalue weighted by Gasteiger charge is -2.23. The molecule has 1 aliphatic heterocycles. The number of nitrogens with zero attached hydrogens (tertiary/aromatic N) is 1. The summed E-state index contributed by atoms with van der Waals surface area (Å²) < 4.78 is 5.62. The lowest BCUT2D eigenvalue weighted by atomic mass is 9.93. The van der Waals surface area contributed by atoms with Crippen LogP contribution in [0.2, 0.25) is 5.02 Å². The van der Waals surface area contributed by atoms with E-state index in [4.69, 9.17) is 16.3 Å². The third-order valence-corrected chi connectivity index (χ3v) is 4.48. The quantitative estimate of drug-likeness (QED) is 0.838. The Morgan fingerprint density at radius 3 is 2.82 bits per heavy atom. The normalized spacial score (nSPS) is 15.5. The fraction of sp³-hybridized carbons (Fsp3) is 0.588. The van der Waals surface area contributed by atoms with Gasteiger partial charge in [0.1, 0.15) is 12.4 Å². The molecule has 2 rings (SSSR count). The van der Waals surface area contributed by atoms with Crippen molar-refractivity contribution in [2.24, 2.45) is 5.92 Å². The number of amides is 1. The van der Waals surface area contributed by atoms with Crippen LogP contribution >= 0.6 is 11.6 Å². The highest BCUT2D eigenvalue weighted by atomic mass is 35.5. The highest BCUT2D eigenvalue weighted by Gasteiger charge is 2.16. The number of halogens is 1. The summed E-state index contributed by atoms with van der Waals surface area (Å²) >= 11 is 6.03. The number of benzene rings is 1. The second kappa shape index (κ2) is 9.01. The molecule has 0 radical (unpaired) electrons. The van der Waals surface area contributed by atoms with Crippen LogP contribution in [-0.4, -0.2) is 44.1 Å². The average molecular weight is 325 g/mol. The molecule has 1 fully saturated rings. The minimum Gasteiger partial charge on any atom is -0.490 e. The van der Waals surface area contributed by atoms with Gasteiger partial charge in [0.25, 0.3) is 0 Å². The van der Waals surface area contributed by atoms with E-state index in [1.165, 1.54) is 12.8 Å². The van der Waals surface area contributed by atoms with E-state index in [9.17, 15) is 4.79 Å². The van der Waals surface area contributed by atoms with Crippen molar-refractivity contribution in [1.29, 1.82) is 0 Å². The van der Waals surface area contributed by atoms with Crippen LogP contribution in [0.15, 0.2) is 24.3 Å². The SMILES string of the molecule is CN(CCOc1ccccc1Cl)C(=O)CCC1CCNCC1. The number of para-hydroxylation sites is 1. The summed E-state index contributed by atoms with van der Waals surface area (Å²) in [6.07, 6.45) is 4.00. The number of carbonyl (C=O) groups is 1. The van der Waals surface area contributed by atoms with Crippen molar-refractivity contribution in [3.05, 3.63) is 29.3 Å². The standard InChI is InChI=1S/C17H25ClN2O2/c1-20(12-13-22-16-5-3-2-4-15(16)18)17(21)7-6-14-8-10-19-11-9-14/h2-5,14,19H,6-13H2,1H3. The first-order valence-electron chi connectivity index (χ1n) is 7.99. The Kier molecular flexibility index (Phi) is 7.00. The predicted octanol–water partition coefficient (Wildman–Crippen LogP) is 2.96. The van der Waals surface area contributed by atoms with Gasteiger partial charge in [0.15, 0.2) is 0 Å². The van der Waals surface area contributed by atoms with E-state index in [2.05, 4.69) is 5.32 Å². The highest BCUT2D eigenvalue weighted by molar-refractivity contribution is 6.32. The molecule has 1 aromatic rings. The number of hydrogen-bond acceptors (Lipinski definition) is 3. The van der Waals surface area contributed by atoms with Gasteiger partial charge in [0.2, 0.25) is 5.91 Å². The highest BCUT2D eigenvalue weighted by Crippen LogP contribution is 2.23. The van der Waals surface area contributed by atoms with Crippen LogP contribution < -0.4 is 10.1 Å². The molecule has 1 aromatic carbocycles. The second-order valence-corrected chi connectivity index (χ2v) is 6.23. The smallest absolute Gasteiger partial charge is 0.222 e. The van der Waals surface area contributed by atoms with Crippen LogP contribution in [0.1, 0.15) is 25.7 Å². The number of piperidine rings is 1. The number of ether oxygens (including phenoxy) is 1. The molecule has 22 heavy (non-hydrogen) atoms. The number of hydrogen-bond donors (Lipinski definition) is 1. The summed E-state index contributed by atoms with van der Waals surface area (Å²) in [7, 11) is 1.83. The Balaban J connectivity index is 1.64. The van der Waals surface area contributed by atoms with Crippen LogP contribution in [0.3, 0.4) is 0 Å². The number of nitrogens with one attached hydrogen (secondary N) is 1. The number of rotatable bonds is 7. The first kappa shape index (κ1) is 17.1. The molecule has 0 atom stereocenters. The van der Waals surface area contributed by atoms with E-state index in [0.29, 0.717) is 36.3 Å². The summed E-state index contributed by atoms with van der Waals surface area (Å²) in [6.45, 7) is 3.20. The molecule has 0 unspecified atom stereocenters. The van der Waals surface area contributed by atoms with Crippen molar-refractivity contribution in [1.82, 2.24) is 10.2 Å². The van der Waals surface area contributed by atoms with Crippen molar-refractivity contribution in [3.63, 3.8) is 0 Å². The summed E-state index contributed by atoms with van der Waals surface area (Å²) in [5, 5.41) is 3.95. The Labute approximate surface area is 137 Å². The molecule has 0 aromatic heterocycles. The Bertz CT molecular complexity index is 475. The van der Waals surface area contributed by atoms with Crippen molar-refractivity contribution in [2.75, 3.05) is 33.3 Å². The lowest BCUT2D eigenvalue weighted by molar-refractivity contribution is -0.130. The first-order chi connectivity index (χ1) is 10.7. The molecule has 1 aliphatic rings. The minimum atomic E-state index is 0.196. The fourth-order valence-electron chi connectivity index (χ4n) is 2.67. The third-order valence-electron chi connectivity index (χ3n) is 4.17. The fourth-order valence-corrected chi connectivity index (χ4v) is 2.86. The molecule has 1 N–H and O–H groups in total. The van der Waals surface area contributed by atoms with Crippen LogP contribution in [0.25, 0.3) is 0 Å². The maximum Gasteiger partial charge on any atom is 0.222 e. The van der Waals surface area contributed by atoms with Crippen molar-refractivity contribution in [2.45, 2.75) is 25.7 Å². The van der Waals surface area contributed by atoms with Gasteiger partial charge >= 0.3 is 0 Å². The van der Waals surface area contributed by atoms with Crippen molar-refractivity contribution in [3.8, 4) is 5.75 Å². The van der Waals surface area contributed by atoms with Gasteiger partial charge in [-0.25, -0.2) is 0 Å². The van der Waals surface area contributed by atoms with E-state index < -0.39 is 0 Å². The minimum absolute atomic E-state index is 0.196. The van der Waals surface area contributed by atoms with Crippen molar-refractivity contribution >= 4 is 17.5 Å². The molecule has 4 nitrogen and oxygen atoms in total. The van der Waals surface area contributed by atoms with Crippen molar-refractivity contribution < 1.29 is 9.53 Å². The van der Waals surface area contributed by atoms with Gasteiger partial charge in [-0.3, -0.25) is 4.79 Å². The van der Waals surface area contributed by atoms with E-state index in [0.717, 1.165) is 19.5 Å². The zero-order valence-electron chi connectivity index (χ0n) is 13.2. The topological polar surface area (TPSA) is 41.6 Å². The van der Waals surface area contributed by atoms with Crippen LogP contribution in [0, 0.1) is 5.92 Å². The van der Waals surface area contributed by atoms with Gasteiger partial charge in [-0.05, 0) is 50.4 Å². The van der Waals surface area contributed by atoms with Gasteiger partial charge < -0.3 is 15.0 Å². The van der Waals surface area contributed by atoms with Crippen LogP contribution in [0.5, 0.6) is 5.75 Å². The summed E-state index contributed by atoms with van der Waals surface area (Å²) in [5.41, 5.74) is 0. The summed E-state index contributed by atoms with van der Waals surface area (Å²) in [4.78, 5) is 13.9. The molecule has 1 heterocycles. The molecule has 0 spiro atoms. The monoisotopic (exact) mass is 324 g/mol. The van der Waals surface area contributed by atoms with E-state index >= 15 is 0 Å². The van der Waals surface area contributed by atoms with E-state index in [1.54, 1.807) is 11.0 Å². The maximum absolute atomic E-state index is 12.1. The summed E-state index contributed by atoms with van der Waals surface area (Å²) in [5.74, 6) is 1.55. The maximum atomic E-state index is 12.1. The molecule has 0 bridgehead atoms. The van der Waals surface area contributed by atoms with E-state index in [1.807, 2.05) is 25.2 Å². The third kappa shape index (κ3) is 5.50. The molecule has 5 heteroatoms. The van der Waals surface area contributed by atoms with Crippen LogP contribution in [-0.2, 0) is 4.79 Å². The van der Waals surface area contributed by atoms with Gasteiger partial charge in [-0.1, -0.05) is 23.7 Å². The lowest BCUT2D eigenvalue weighted by Crippen LogP contribution is -2.32. The number of likely N-dealkylation sites (N-methyl/N-ethyl adjacent to an activating group) is 1.